The lowest BCUT2D eigenvalue weighted by molar-refractivity contribution is -0.142. The third kappa shape index (κ3) is 22.6. The van der Waals surface area contributed by atoms with Gasteiger partial charge in [-0.05, 0) is 44.1 Å². The number of carboxylic acids is 1. The first-order valence-electron chi connectivity index (χ1n) is 17.4. The number of aliphatic imine (C=N–C) groups is 2. The molecule has 21 N–H and O–H groups in total. The molecule has 27 heteroatoms. The van der Waals surface area contributed by atoms with Gasteiger partial charge >= 0.3 is 5.97 Å². The number of carboxylic acid groups (broad SMARTS) is 1. The molecule has 0 aromatic heterocycles. The number of aliphatic hydroxyl groups is 3. The van der Waals surface area contributed by atoms with Gasteiger partial charge in [0, 0.05) is 13.1 Å². The maximum absolute atomic E-state index is 13.5. The minimum Gasteiger partial charge on any atom is -0.480 e. The molecule has 0 aromatic rings. The van der Waals surface area contributed by atoms with E-state index in [0.717, 1.165) is 0 Å². The SMILES string of the molecule is CSCCC(N)C(=O)NC(CO)C(=O)NC(CO)C(=O)NCC(=O)NC(CCCN=C(N)N)C(=O)NC(CCCN=C(N)N)C(=O)NCC(=O)NC(CO)C(=O)O. The second kappa shape index (κ2) is 28.8. The van der Waals surface area contributed by atoms with E-state index in [-0.39, 0.29) is 57.1 Å². The summed E-state index contributed by atoms with van der Waals surface area (Å²) in [5.74, 6) is -7.96. The minimum absolute atomic E-state index is 0.0261. The predicted octanol–water partition coefficient (Wildman–Crippen LogP) is -9.11. The highest BCUT2D eigenvalue weighted by Gasteiger charge is 2.30. The van der Waals surface area contributed by atoms with Crippen molar-refractivity contribution in [2.24, 2.45) is 38.7 Å². The summed E-state index contributed by atoms with van der Waals surface area (Å²) >= 11 is 1.44. The van der Waals surface area contributed by atoms with Gasteiger partial charge in [0.15, 0.2) is 11.9 Å². The molecule has 0 bridgehead atoms. The van der Waals surface area contributed by atoms with Gasteiger partial charge in [0.2, 0.25) is 41.4 Å². The summed E-state index contributed by atoms with van der Waals surface area (Å²) in [5, 5.41) is 53.2. The quantitative estimate of drug-likeness (QED) is 0.0189. The highest BCUT2D eigenvalue weighted by molar-refractivity contribution is 7.98. The molecule has 0 saturated carbocycles. The van der Waals surface area contributed by atoms with E-state index in [0.29, 0.717) is 5.75 Å². The average molecular weight is 837 g/mol. The lowest BCUT2D eigenvalue weighted by Crippen LogP contribution is -2.58. The summed E-state index contributed by atoms with van der Waals surface area (Å²) in [7, 11) is 0. The van der Waals surface area contributed by atoms with Gasteiger partial charge in [-0.3, -0.25) is 43.5 Å². The standard InChI is InChI=1S/C30H56N14O12S/c1-57-9-6-15(31)23(50)43-19(13-46)27(54)44-18(12-45)25(52)39-10-21(48)40-17(5-3-8-37-30(34)35)26(53)42-16(4-2-7-36-29(32)33)24(51)38-11-22(49)41-20(14-47)28(55)56/h15-20,45-47H,2-14,31H2,1H3,(H,38,51)(H,39,52)(H,40,48)(H,41,49)(H,42,53)(H,43,50)(H,44,54)(H,55,56)(H4,32,33,36)(H4,34,35,37). The number of carbonyl (C=O) groups excluding carboxylic acids is 7. The maximum atomic E-state index is 13.5. The second-order valence-corrected chi connectivity index (χ2v) is 13.0. The Morgan fingerprint density at radius 3 is 1.39 bits per heavy atom. The summed E-state index contributed by atoms with van der Waals surface area (Å²) in [6, 6.07) is -8.49. The molecule has 0 fully saturated rings. The van der Waals surface area contributed by atoms with Crippen LogP contribution in [-0.2, 0) is 38.4 Å². The smallest absolute Gasteiger partial charge is 0.328 e. The molecule has 0 aliphatic rings. The van der Waals surface area contributed by atoms with Crippen molar-refractivity contribution >= 4 is 71.0 Å². The lowest BCUT2D eigenvalue weighted by Gasteiger charge is -2.24. The first-order chi connectivity index (χ1) is 26.9. The van der Waals surface area contributed by atoms with E-state index in [1.54, 1.807) is 0 Å². The van der Waals surface area contributed by atoms with Crippen molar-refractivity contribution in [2.45, 2.75) is 68.4 Å². The number of aliphatic hydroxyl groups excluding tert-OH is 3. The molecule has 0 spiro atoms. The van der Waals surface area contributed by atoms with Crippen molar-refractivity contribution in [1.29, 1.82) is 0 Å². The Bertz CT molecular complexity index is 1410. The van der Waals surface area contributed by atoms with Crippen molar-refractivity contribution in [3.05, 3.63) is 0 Å². The van der Waals surface area contributed by atoms with Crippen LogP contribution in [0.4, 0.5) is 0 Å². The Morgan fingerprint density at radius 2 is 0.947 bits per heavy atom. The zero-order valence-electron chi connectivity index (χ0n) is 31.4. The van der Waals surface area contributed by atoms with E-state index in [1.165, 1.54) is 11.8 Å². The Balaban J connectivity index is 5.77. The Morgan fingerprint density at radius 1 is 0.561 bits per heavy atom. The zero-order valence-corrected chi connectivity index (χ0v) is 32.2. The lowest BCUT2D eigenvalue weighted by atomic mass is 10.1. The summed E-state index contributed by atoms with van der Waals surface area (Å²) in [4.78, 5) is 108. The van der Waals surface area contributed by atoms with E-state index in [2.05, 4.69) is 41.9 Å². The number of amides is 7. The zero-order chi connectivity index (χ0) is 43.5. The number of aliphatic carboxylic acids is 1. The van der Waals surface area contributed by atoms with Gasteiger partial charge in [-0.2, -0.15) is 11.8 Å². The van der Waals surface area contributed by atoms with Crippen molar-refractivity contribution in [3.8, 4) is 0 Å². The number of rotatable bonds is 29. The van der Waals surface area contributed by atoms with Crippen molar-refractivity contribution < 1.29 is 58.8 Å². The monoisotopic (exact) mass is 836 g/mol. The van der Waals surface area contributed by atoms with Crippen LogP contribution in [0, 0.1) is 0 Å². The molecule has 0 aliphatic heterocycles. The molecule has 6 unspecified atom stereocenters. The van der Waals surface area contributed by atoms with Crippen LogP contribution in [0.1, 0.15) is 32.1 Å². The fraction of sp³-hybridized carbons (Fsp3) is 0.667. The fourth-order valence-corrected chi connectivity index (χ4v) is 4.88. The van der Waals surface area contributed by atoms with Crippen LogP contribution in [0.25, 0.3) is 0 Å². The minimum atomic E-state index is -1.64. The maximum Gasteiger partial charge on any atom is 0.328 e. The third-order valence-corrected chi connectivity index (χ3v) is 8.08. The number of nitrogens with zero attached hydrogens (tertiary/aromatic N) is 2. The molecule has 0 saturated heterocycles. The molecule has 6 atom stereocenters. The van der Waals surface area contributed by atoms with Crippen LogP contribution in [0.2, 0.25) is 0 Å². The van der Waals surface area contributed by atoms with Crippen molar-refractivity contribution in [3.63, 3.8) is 0 Å². The van der Waals surface area contributed by atoms with E-state index in [9.17, 15) is 48.6 Å². The molecule has 0 aliphatic carbocycles. The van der Waals surface area contributed by atoms with Gasteiger partial charge in [-0.1, -0.05) is 0 Å². The molecule has 324 valence electrons. The van der Waals surface area contributed by atoms with Crippen LogP contribution in [0.3, 0.4) is 0 Å². The van der Waals surface area contributed by atoms with Crippen molar-refractivity contribution in [1.82, 2.24) is 37.2 Å². The molecule has 7 amide bonds. The van der Waals surface area contributed by atoms with Gasteiger partial charge in [0.1, 0.15) is 30.2 Å². The van der Waals surface area contributed by atoms with Crippen LogP contribution >= 0.6 is 11.8 Å². The highest BCUT2D eigenvalue weighted by atomic mass is 32.2. The molecule has 0 heterocycles. The second-order valence-electron chi connectivity index (χ2n) is 12.0. The number of carbonyl (C=O) groups is 8. The normalized spacial score (nSPS) is 13.8. The number of hydrogen-bond donors (Lipinski definition) is 16. The first kappa shape index (κ1) is 51.5. The van der Waals surface area contributed by atoms with Gasteiger partial charge in [0.25, 0.3) is 0 Å². The van der Waals surface area contributed by atoms with Crippen molar-refractivity contribution in [2.75, 3.05) is 58.0 Å². The summed E-state index contributed by atoms with van der Waals surface area (Å²) < 4.78 is 0. The number of hydrogen-bond acceptors (Lipinski definition) is 15. The third-order valence-electron chi connectivity index (χ3n) is 7.44. The highest BCUT2D eigenvalue weighted by Crippen LogP contribution is 2.04. The summed E-state index contributed by atoms with van der Waals surface area (Å²) in [6.45, 7) is -4.20. The van der Waals surface area contributed by atoms with Gasteiger partial charge in [-0.15, -0.1) is 0 Å². The molecule has 0 radical (unpaired) electrons. The number of guanidine groups is 2. The van der Waals surface area contributed by atoms with Crippen LogP contribution < -0.4 is 65.9 Å². The van der Waals surface area contributed by atoms with Crippen LogP contribution in [0.15, 0.2) is 9.98 Å². The van der Waals surface area contributed by atoms with Gasteiger partial charge in [0.05, 0.1) is 39.0 Å². The average Bonchev–Trinajstić information content (AvgIpc) is 3.16. The summed E-state index contributed by atoms with van der Waals surface area (Å²) in [5.41, 5.74) is 27.2. The Kier molecular flexibility index (Phi) is 26.0. The van der Waals surface area contributed by atoms with E-state index >= 15 is 0 Å². The predicted molar refractivity (Wildman–Crippen MR) is 205 cm³/mol. The molecule has 57 heavy (non-hydrogen) atoms. The Labute approximate surface area is 331 Å². The Hall–Kier alpha value is -5.51. The molecule has 0 aromatic carbocycles. The largest absolute Gasteiger partial charge is 0.480 e. The first-order valence-corrected chi connectivity index (χ1v) is 18.8. The van der Waals surface area contributed by atoms with E-state index < -0.39 is 116 Å². The fourth-order valence-electron chi connectivity index (χ4n) is 4.39. The number of nitrogens with one attached hydrogen (secondary N) is 7. The number of nitrogens with two attached hydrogens (primary N) is 5. The molecule has 0 rings (SSSR count). The molecular formula is C30H56N14O12S. The van der Waals surface area contributed by atoms with E-state index in [4.69, 9.17) is 38.9 Å². The number of thioether (sulfide) groups is 1. The molecule has 26 nitrogen and oxygen atoms in total. The van der Waals surface area contributed by atoms with Gasteiger partial charge < -0.3 is 86.3 Å². The summed E-state index contributed by atoms with van der Waals surface area (Å²) in [6.07, 6.45) is 2.18. The molecular weight excluding hydrogens is 780 g/mol. The van der Waals surface area contributed by atoms with Crippen LogP contribution in [-0.4, -0.2) is 174 Å². The van der Waals surface area contributed by atoms with Gasteiger partial charge in [-0.25, -0.2) is 4.79 Å². The van der Waals surface area contributed by atoms with Crippen LogP contribution in [0.5, 0.6) is 0 Å². The van der Waals surface area contributed by atoms with E-state index in [1.807, 2.05) is 11.6 Å². The topological polar surface area (TPSA) is 457 Å².